The van der Waals surface area contributed by atoms with Gasteiger partial charge in [0.05, 0.1) is 20.5 Å². The fraction of sp³-hybridized carbons (Fsp3) is 0.350. The summed E-state index contributed by atoms with van der Waals surface area (Å²) in [6.45, 7) is 0.911. The van der Waals surface area contributed by atoms with Crippen molar-refractivity contribution in [1.29, 1.82) is 0 Å². The maximum atomic E-state index is 12.8. The third-order valence-electron chi connectivity index (χ3n) is 4.76. The van der Waals surface area contributed by atoms with Crippen molar-refractivity contribution >= 4 is 48.9 Å². The van der Waals surface area contributed by atoms with E-state index < -0.39 is 47.6 Å². The maximum absolute atomic E-state index is 12.8. The Hall–Kier alpha value is -2.43. The summed E-state index contributed by atoms with van der Waals surface area (Å²) in [5.74, 6) is -1.81. The van der Waals surface area contributed by atoms with Crippen molar-refractivity contribution in [2.24, 2.45) is 0 Å². The molecule has 0 heterocycles. The van der Waals surface area contributed by atoms with E-state index in [1.807, 2.05) is 0 Å². The van der Waals surface area contributed by atoms with Gasteiger partial charge >= 0.3 is 6.18 Å². The van der Waals surface area contributed by atoms with Gasteiger partial charge in [0.1, 0.15) is 0 Å². The van der Waals surface area contributed by atoms with Crippen molar-refractivity contribution in [3.05, 3.63) is 47.5 Å². The lowest BCUT2D eigenvalue weighted by molar-refractivity contribution is -0.242. The number of nitrogens with zero attached hydrogens (tertiary/aromatic N) is 1. The molecule has 0 aromatic heterocycles. The van der Waals surface area contributed by atoms with Gasteiger partial charge in [-0.05, 0) is 63.5 Å². The van der Waals surface area contributed by atoms with Crippen LogP contribution in [-0.2, 0) is 24.8 Å². The van der Waals surface area contributed by atoms with E-state index in [-0.39, 0.29) is 29.7 Å². The Kier molecular flexibility index (Phi) is 9.02. The summed E-state index contributed by atoms with van der Waals surface area (Å²) in [6.07, 6.45) is -5.26. The number of halogens is 4. The summed E-state index contributed by atoms with van der Waals surface area (Å²) < 4.78 is 93.1. The van der Waals surface area contributed by atoms with Gasteiger partial charge in [0.2, 0.25) is 15.6 Å². The Bertz CT molecular complexity index is 1320. The topological polar surface area (TPSA) is 145 Å². The van der Waals surface area contributed by atoms with Crippen LogP contribution in [0.15, 0.2) is 52.3 Å². The lowest BCUT2D eigenvalue weighted by atomic mass is 10.1. The molecule has 0 radical (unpaired) electrons. The van der Waals surface area contributed by atoms with Crippen LogP contribution in [0.1, 0.15) is 6.92 Å². The molecule has 0 aliphatic carbocycles. The zero-order chi connectivity index (χ0) is 27.5. The lowest BCUT2D eigenvalue weighted by Gasteiger charge is -2.25. The molecular weight excluding hydrogens is 549 g/mol. The highest BCUT2D eigenvalue weighted by Crippen LogP contribution is 2.33. The van der Waals surface area contributed by atoms with E-state index in [9.17, 15) is 39.9 Å². The molecule has 36 heavy (non-hydrogen) atoms. The second-order valence-electron chi connectivity index (χ2n) is 8.00. The van der Waals surface area contributed by atoms with Crippen molar-refractivity contribution in [1.82, 2.24) is 9.62 Å². The molecule has 16 heteroatoms. The van der Waals surface area contributed by atoms with Crippen LogP contribution in [0.25, 0.3) is 0 Å². The summed E-state index contributed by atoms with van der Waals surface area (Å²) in [7, 11) is -4.49. The highest BCUT2D eigenvalue weighted by molar-refractivity contribution is 7.92. The molecule has 0 saturated carbocycles. The third kappa shape index (κ3) is 7.30. The molecular formula is C20H24ClF3N4O6S2. The Balaban J connectivity index is 2.16. The van der Waals surface area contributed by atoms with Crippen molar-refractivity contribution in [3.63, 3.8) is 0 Å². The van der Waals surface area contributed by atoms with Crippen LogP contribution in [0.5, 0.6) is 0 Å². The van der Waals surface area contributed by atoms with Crippen molar-refractivity contribution in [3.8, 4) is 0 Å². The molecule has 1 atom stereocenters. The van der Waals surface area contributed by atoms with E-state index in [4.69, 9.17) is 11.6 Å². The predicted molar refractivity (Wildman–Crippen MR) is 128 cm³/mol. The molecule has 0 unspecified atom stereocenters. The number of aliphatic hydroxyl groups is 1. The number of alkyl halides is 3. The molecule has 1 amide bonds. The van der Waals surface area contributed by atoms with Gasteiger partial charge in [0.15, 0.2) is 0 Å². The summed E-state index contributed by atoms with van der Waals surface area (Å²) in [5.41, 5.74) is -4.04. The summed E-state index contributed by atoms with van der Waals surface area (Å²) in [6, 6.07) is 7.67. The van der Waals surface area contributed by atoms with Gasteiger partial charge in [-0.1, -0.05) is 11.6 Å². The largest absolute Gasteiger partial charge is 0.426 e. The number of hydrogen-bond acceptors (Lipinski definition) is 7. The van der Waals surface area contributed by atoms with E-state index >= 15 is 0 Å². The number of anilines is 2. The van der Waals surface area contributed by atoms with Crippen LogP contribution >= 0.6 is 11.6 Å². The highest BCUT2D eigenvalue weighted by atomic mass is 35.5. The van der Waals surface area contributed by atoms with E-state index in [0.717, 1.165) is 18.2 Å². The van der Waals surface area contributed by atoms with Crippen molar-refractivity contribution < 1.29 is 39.9 Å². The number of benzene rings is 2. The zero-order valence-electron chi connectivity index (χ0n) is 19.2. The standard InChI is InChI=1S/C20H24ClF3N4O6S2/c1-19(30,20(22,23)24)18(29)26-17-9-8-15(12-16(17)21)36(33,34)27-13-4-6-14(7-5-13)35(31,32)25-10-11-28(2)3/h4-9,12,25,27,30H,10-11H2,1-3H3,(H,26,29)/t19-/m1/s1. The van der Waals surface area contributed by atoms with Gasteiger partial charge in [-0.2, -0.15) is 13.2 Å². The minimum Gasteiger partial charge on any atom is -0.373 e. The lowest BCUT2D eigenvalue weighted by Crippen LogP contribution is -2.52. The van der Waals surface area contributed by atoms with E-state index in [0.29, 0.717) is 6.54 Å². The zero-order valence-corrected chi connectivity index (χ0v) is 21.6. The van der Waals surface area contributed by atoms with Crippen molar-refractivity contribution in [2.75, 3.05) is 37.2 Å². The minimum absolute atomic E-state index is 0.0250. The van der Waals surface area contributed by atoms with Gasteiger partial charge in [0, 0.05) is 18.8 Å². The summed E-state index contributed by atoms with van der Waals surface area (Å²) in [5, 5.41) is 10.8. The second kappa shape index (κ2) is 10.9. The van der Waals surface area contributed by atoms with Gasteiger partial charge in [-0.3, -0.25) is 9.52 Å². The Morgan fingerprint density at radius 2 is 1.56 bits per heavy atom. The fourth-order valence-electron chi connectivity index (χ4n) is 2.54. The molecule has 0 fully saturated rings. The number of amides is 1. The number of likely N-dealkylation sites (N-methyl/N-ethyl adjacent to an activating group) is 1. The Morgan fingerprint density at radius 3 is 2.06 bits per heavy atom. The molecule has 2 aromatic rings. The molecule has 200 valence electrons. The molecule has 4 N–H and O–H groups in total. The number of carbonyl (C=O) groups is 1. The fourth-order valence-corrected chi connectivity index (χ4v) is 4.94. The number of hydrogen-bond donors (Lipinski definition) is 4. The monoisotopic (exact) mass is 572 g/mol. The van der Waals surface area contributed by atoms with Crippen LogP contribution in [0.4, 0.5) is 24.5 Å². The molecule has 10 nitrogen and oxygen atoms in total. The average molecular weight is 573 g/mol. The van der Waals surface area contributed by atoms with Gasteiger partial charge in [0.25, 0.3) is 15.9 Å². The maximum Gasteiger partial charge on any atom is 0.426 e. The first-order valence-electron chi connectivity index (χ1n) is 10.0. The van der Waals surface area contributed by atoms with Crippen LogP contribution in [-0.4, -0.2) is 71.7 Å². The first kappa shape index (κ1) is 29.8. The number of rotatable bonds is 10. The first-order valence-corrected chi connectivity index (χ1v) is 13.4. The summed E-state index contributed by atoms with van der Waals surface area (Å²) in [4.78, 5) is 13.1. The number of carbonyl (C=O) groups excluding carboxylic acids is 1. The molecule has 0 spiro atoms. The van der Waals surface area contributed by atoms with Gasteiger partial charge in [-0.15, -0.1) is 0 Å². The number of sulfonamides is 2. The molecule has 0 aliphatic heterocycles. The summed E-state index contributed by atoms with van der Waals surface area (Å²) >= 11 is 5.93. The Labute approximate surface area is 211 Å². The van der Waals surface area contributed by atoms with Crippen LogP contribution < -0.4 is 14.8 Å². The van der Waals surface area contributed by atoms with Gasteiger partial charge in [-0.25, -0.2) is 21.6 Å². The van der Waals surface area contributed by atoms with E-state index in [1.54, 1.807) is 24.3 Å². The molecule has 2 rings (SSSR count). The van der Waals surface area contributed by atoms with E-state index in [2.05, 4.69) is 9.44 Å². The predicted octanol–water partition coefficient (Wildman–Crippen LogP) is 2.23. The van der Waals surface area contributed by atoms with Crippen LogP contribution in [0.2, 0.25) is 5.02 Å². The minimum atomic E-state index is -5.26. The quantitative estimate of drug-likeness (QED) is 0.342. The second-order valence-corrected chi connectivity index (χ2v) is 11.9. The molecule has 0 bridgehead atoms. The Morgan fingerprint density at radius 1 is 1.00 bits per heavy atom. The van der Waals surface area contributed by atoms with Crippen LogP contribution in [0, 0.1) is 0 Å². The third-order valence-corrected chi connectivity index (χ3v) is 7.93. The van der Waals surface area contributed by atoms with Gasteiger partial charge < -0.3 is 15.3 Å². The van der Waals surface area contributed by atoms with Crippen LogP contribution in [0.3, 0.4) is 0 Å². The molecule has 2 aromatic carbocycles. The number of nitrogens with one attached hydrogen (secondary N) is 3. The first-order chi connectivity index (χ1) is 16.4. The normalized spacial score (nSPS) is 14.4. The average Bonchev–Trinajstić information content (AvgIpc) is 2.73. The van der Waals surface area contributed by atoms with E-state index in [1.165, 1.54) is 24.3 Å². The smallest absolute Gasteiger partial charge is 0.373 e. The highest BCUT2D eigenvalue weighted by Gasteiger charge is 2.55. The van der Waals surface area contributed by atoms with Crippen molar-refractivity contribution in [2.45, 2.75) is 28.5 Å². The SMILES string of the molecule is CN(C)CCNS(=O)(=O)c1ccc(NS(=O)(=O)c2ccc(NC(=O)[C@@](C)(O)C(F)(F)F)c(Cl)c2)cc1. The molecule has 0 aliphatic rings. The molecule has 0 saturated heterocycles.